The van der Waals surface area contributed by atoms with Crippen LogP contribution in [0.4, 0.5) is 4.79 Å². The van der Waals surface area contributed by atoms with E-state index in [2.05, 4.69) is 19.1 Å². The average Bonchev–Trinajstić information content (AvgIpc) is 3.10. The fourth-order valence-corrected chi connectivity index (χ4v) is 5.31. The molecule has 0 N–H and O–H groups in total. The predicted molar refractivity (Wildman–Crippen MR) is 127 cm³/mol. The third-order valence-electron chi connectivity index (χ3n) is 7.08. The van der Waals surface area contributed by atoms with Crippen molar-refractivity contribution in [1.29, 1.82) is 0 Å². The summed E-state index contributed by atoms with van der Waals surface area (Å²) in [5, 5.41) is 0. The summed E-state index contributed by atoms with van der Waals surface area (Å²) in [5.41, 5.74) is 3.12. The summed E-state index contributed by atoms with van der Waals surface area (Å²) in [4.78, 5) is 27.9. The van der Waals surface area contributed by atoms with Gasteiger partial charge in [-0.05, 0) is 49.7 Å². The molecule has 2 atom stereocenters. The third-order valence-corrected chi connectivity index (χ3v) is 7.08. The minimum absolute atomic E-state index is 0.000998. The number of Topliss-reactive ketones (excluding diaryl/α,β-unsaturated/α-hetero) is 1. The zero-order valence-corrected chi connectivity index (χ0v) is 19.2. The Bertz CT molecular complexity index is 879. The molecular weight excluding hydrogens is 398 g/mol. The van der Waals surface area contributed by atoms with Gasteiger partial charge in [0, 0.05) is 23.6 Å². The maximum Gasteiger partial charge on any atom is 0.410 e. The zero-order valence-electron chi connectivity index (χ0n) is 19.2. The molecule has 2 heterocycles. The first-order chi connectivity index (χ1) is 15.7. The summed E-state index contributed by atoms with van der Waals surface area (Å²) in [6, 6.07) is 18.2. The van der Waals surface area contributed by atoms with Crippen molar-refractivity contribution < 1.29 is 14.3 Å². The molecule has 32 heavy (non-hydrogen) atoms. The second-order valence-corrected chi connectivity index (χ2v) is 9.37. The van der Waals surface area contributed by atoms with Crippen molar-refractivity contribution >= 4 is 11.9 Å². The van der Waals surface area contributed by atoms with Gasteiger partial charge in [0.2, 0.25) is 0 Å². The summed E-state index contributed by atoms with van der Waals surface area (Å²) in [5.74, 6) is 0.234. The number of ketones is 1. The van der Waals surface area contributed by atoms with Gasteiger partial charge < -0.3 is 9.64 Å². The lowest BCUT2D eigenvalue weighted by molar-refractivity contribution is 0.0485. The molecule has 4 nitrogen and oxygen atoms in total. The van der Waals surface area contributed by atoms with Gasteiger partial charge in [0.1, 0.15) is 6.61 Å². The van der Waals surface area contributed by atoms with Gasteiger partial charge in [-0.15, -0.1) is 0 Å². The van der Waals surface area contributed by atoms with Gasteiger partial charge >= 0.3 is 6.09 Å². The fourth-order valence-electron chi connectivity index (χ4n) is 5.31. The molecule has 0 aromatic heterocycles. The molecule has 2 aromatic carbocycles. The molecule has 0 spiro atoms. The van der Waals surface area contributed by atoms with E-state index in [4.69, 9.17) is 4.74 Å². The highest BCUT2D eigenvalue weighted by Crippen LogP contribution is 2.40. The number of benzene rings is 2. The molecular formula is C28H35NO3. The van der Waals surface area contributed by atoms with Crippen LogP contribution >= 0.6 is 0 Å². The number of amides is 1. The van der Waals surface area contributed by atoms with Crippen molar-refractivity contribution in [2.45, 2.75) is 83.4 Å². The molecule has 170 valence electrons. The summed E-state index contributed by atoms with van der Waals surface area (Å²) >= 11 is 0. The number of rotatable bonds is 9. The van der Waals surface area contributed by atoms with E-state index in [1.165, 1.54) is 31.2 Å². The topological polar surface area (TPSA) is 46.6 Å². The summed E-state index contributed by atoms with van der Waals surface area (Å²) in [6.07, 6.45) is 9.29. The molecule has 1 amide bonds. The molecule has 4 rings (SSSR count). The molecule has 2 aliphatic heterocycles. The first-order valence-corrected chi connectivity index (χ1v) is 12.3. The van der Waals surface area contributed by atoms with E-state index >= 15 is 0 Å². The summed E-state index contributed by atoms with van der Waals surface area (Å²) < 4.78 is 5.59. The van der Waals surface area contributed by atoms with Crippen LogP contribution < -0.4 is 0 Å². The minimum Gasteiger partial charge on any atom is -0.445 e. The summed E-state index contributed by atoms with van der Waals surface area (Å²) in [7, 11) is 0. The Balaban J connectivity index is 1.30. The van der Waals surface area contributed by atoms with Gasteiger partial charge in [-0.2, -0.15) is 0 Å². The Morgan fingerprint density at radius 3 is 2.22 bits per heavy atom. The van der Waals surface area contributed by atoms with Gasteiger partial charge in [-0.1, -0.05) is 80.8 Å². The maximum absolute atomic E-state index is 13.2. The Labute approximate surface area is 192 Å². The van der Waals surface area contributed by atoms with E-state index in [0.29, 0.717) is 6.61 Å². The largest absolute Gasteiger partial charge is 0.445 e. The Morgan fingerprint density at radius 2 is 1.56 bits per heavy atom. The van der Waals surface area contributed by atoms with E-state index in [1.807, 2.05) is 47.4 Å². The van der Waals surface area contributed by atoms with Crippen LogP contribution in [0.25, 0.3) is 0 Å². The van der Waals surface area contributed by atoms with E-state index in [9.17, 15) is 9.59 Å². The van der Waals surface area contributed by atoms with Crippen LogP contribution in [0.2, 0.25) is 0 Å². The van der Waals surface area contributed by atoms with E-state index in [0.717, 1.165) is 43.2 Å². The molecule has 0 radical (unpaired) electrons. The molecule has 0 saturated carbocycles. The van der Waals surface area contributed by atoms with Crippen LogP contribution in [-0.4, -0.2) is 28.9 Å². The lowest BCUT2D eigenvalue weighted by Gasteiger charge is -2.37. The number of hydrogen-bond donors (Lipinski definition) is 0. The first-order valence-electron chi connectivity index (χ1n) is 12.3. The molecule has 2 aliphatic rings. The highest BCUT2D eigenvalue weighted by molar-refractivity contribution is 5.98. The quantitative estimate of drug-likeness (QED) is 0.332. The first kappa shape index (κ1) is 22.6. The SMILES string of the molecule is CCCCCCc1ccc(C(=O)C2CC3CCC(C2)N3C(=O)OCc2ccccc2)cc1. The smallest absolute Gasteiger partial charge is 0.410 e. The van der Waals surface area contributed by atoms with Gasteiger partial charge in [0.05, 0.1) is 0 Å². The van der Waals surface area contributed by atoms with Crippen molar-refractivity contribution in [3.05, 3.63) is 71.3 Å². The number of piperidine rings is 1. The highest BCUT2D eigenvalue weighted by Gasteiger charge is 2.45. The van der Waals surface area contributed by atoms with Crippen LogP contribution in [0, 0.1) is 5.92 Å². The molecule has 2 fully saturated rings. The highest BCUT2D eigenvalue weighted by atomic mass is 16.6. The van der Waals surface area contributed by atoms with Gasteiger partial charge in [-0.3, -0.25) is 4.79 Å². The third kappa shape index (κ3) is 5.40. The second-order valence-electron chi connectivity index (χ2n) is 9.37. The predicted octanol–water partition coefficient (Wildman–Crippen LogP) is 6.57. The Hall–Kier alpha value is -2.62. The van der Waals surface area contributed by atoms with Gasteiger partial charge in [0.15, 0.2) is 5.78 Å². The number of ether oxygens (including phenoxy) is 1. The zero-order chi connectivity index (χ0) is 22.3. The number of nitrogens with zero attached hydrogens (tertiary/aromatic N) is 1. The summed E-state index contributed by atoms with van der Waals surface area (Å²) in [6.45, 7) is 2.52. The number of unbranched alkanes of at least 4 members (excludes halogenated alkanes) is 3. The van der Waals surface area contributed by atoms with Crippen LogP contribution in [0.3, 0.4) is 0 Å². The molecule has 0 aliphatic carbocycles. The van der Waals surface area contributed by atoms with Crippen LogP contribution in [0.1, 0.15) is 79.8 Å². The Kier molecular flexibility index (Phi) is 7.62. The molecule has 2 unspecified atom stereocenters. The van der Waals surface area contributed by atoms with E-state index in [1.54, 1.807) is 0 Å². The number of hydrogen-bond acceptors (Lipinski definition) is 3. The van der Waals surface area contributed by atoms with Gasteiger partial charge in [-0.25, -0.2) is 4.79 Å². The van der Waals surface area contributed by atoms with Crippen molar-refractivity contribution in [3.8, 4) is 0 Å². The molecule has 2 aromatic rings. The monoisotopic (exact) mass is 433 g/mol. The molecule has 2 saturated heterocycles. The number of carbonyl (C=O) groups excluding carboxylic acids is 2. The fraction of sp³-hybridized carbons (Fsp3) is 0.500. The minimum atomic E-state index is -0.236. The van der Waals surface area contributed by atoms with Crippen molar-refractivity contribution in [2.75, 3.05) is 0 Å². The van der Waals surface area contributed by atoms with Crippen molar-refractivity contribution in [3.63, 3.8) is 0 Å². The number of aryl methyl sites for hydroxylation is 1. The van der Waals surface area contributed by atoms with E-state index in [-0.39, 0.29) is 29.9 Å². The van der Waals surface area contributed by atoms with Crippen LogP contribution in [0.5, 0.6) is 0 Å². The lowest BCUT2D eigenvalue weighted by atomic mass is 9.84. The normalized spacial score (nSPS) is 22.0. The number of fused-ring (bicyclic) bond motifs is 2. The average molecular weight is 434 g/mol. The van der Waals surface area contributed by atoms with Crippen molar-refractivity contribution in [2.24, 2.45) is 5.92 Å². The van der Waals surface area contributed by atoms with E-state index < -0.39 is 0 Å². The standard InChI is InChI=1S/C28H35NO3/c1-2-3-4-6-9-21-12-14-23(15-13-21)27(30)24-18-25-16-17-26(19-24)29(25)28(31)32-20-22-10-7-5-8-11-22/h5,7-8,10-15,24-26H,2-4,6,9,16-20H2,1H3. The van der Waals surface area contributed by atoms with Crippen LogP contribution in [-0.2, 0) is 17.8 Å². The number of carbonyl (C=O) groups is 2. The molecule has 2 bridgehead atoms. The van der Waals surface area contributed by atoms with Crippen molar-refractivity contribution in [1.82, 2.24) is 4.90 Å². The Morgan fingerprint density at radius 1 is 0.875 bits per heavy atom. The molecule has 4 heteroatoms. The van der Waals surface area contributed by atoms with Gasteiger partial charge in [0.25, 0.3) is 0 Å². The second kappa shape index (κ2) is 10.8. The van der Waals surface area contributed by atoms with Crippen LogP contribution in [0.15, 0.2) is 54.6 Å². The lowest BCUT2D eigenvalue weighted by Crippen LogP contribution is -2.48. The maximum atomic E-state index is 13.2.